The fourth-order valence-corrected chi connectivity index (χ4v) is 8.53. The molecule has 2 atom stereocenters. The van der Waals surface area contributed by atoms with E-state index >= 15 is 0 Å². The Morgan fingerprint density at radius 2 is 0.892 bits per heavy atom. The number of esters is 2. The molecular formula is C60H72I3N4O14S2-. The zero-order valence-electron chi connectivity index (χ0n) is 48.3. The summed E-state index contributed by atoms with van der Waals surface area (Å²) >= 11 is 14.7. The molecule has 23 heteroatoms. The van der Waals surface area contributed by atoms with Crippen LogP contribution in [-0.4, -0.2) is 128 Å². The summed E-state index contributed by atoms with van der Waals surface area (Å²) in [5.74, 6) is -0.530. The number of thiocarbonyl (C=S) groups is 2. The summed E-state index contributed by atoms with van der Waals surface area (Å²) in [6, 6.07) is 38.6. The Balaban J connectivity index is 0.000000397. The Hall–Kier alpha value is -6.11. The van der Waals surface area contributed by atoms with E-state index in [0.717, 1.165) is 24.0 Å². The van der Waals surface area contributed by atoms with E-state index in [1.807, 2.05) is 50.5 Å². The molecule has 0 bridgehead atoms. The third-order valence-electron chi connectivity index (χ3n) is 13.2. The van der Waals surface area contributed by atoms with Crippen LogP contribution in [0.15, 0.2) is 133 Å². The second-order valence-electron chi connectivity index (χ2n) is 18.0. The van der Waals surface area contributed by atoms with Crippen molar-refractivity contribution in [3.05, 3.63) is 178 Å². The zero-order valence-corrected chi connectivity index (χ0v) is 56.4. The van der Waals surface area contributed by atoms with Gasteiger partial charge in [-0.1, -0.05) is 135 Å². The number of ether oxygens (including phenoxy) is 8. The van der Waals surface area contributed by atoms with Crippen LogP contribution in [0.5, 0.6) is 34.5 Å². The topological polar surface area (TPSA) is 245 Å². The molecule has 6 N–H and O–H groups in total. The summed E-state index contributed by atoms with van der Waals surface area (Å²) in [5.41, 5.74) is 14.5. The second kappa shape index (κ2) is 37.3. The fourth-order valence-electron chi connectivity index (χ4n) is 8.26. The molecule has 0 aliphatic rings. The van der Waals surface area contributed by atoms with Crippen molar-refractivity contribution in [1.29, 1.82) is 0 Å². The normalized spacial score (nSPS) is 11.7. The zero-order chi connectivity index (χ0) is 62.5. The number of likely N-dealkylation sites (N-methyl/N-ethyl adjacent to an activating group) is 2. The first-order valence-electron chi connectivity index (χ1n) is 25.1. The van der Waals surface area contributed by atoms with Crippen LogP contribution in [0.4, 0.5) is 0 Å². The molecular weight excluding hydrogens is 1450 g/mol. The van der Waals surface area contributed by atoms with E-state index in [1.165, 1.54) is 71.8 Å². The third-order valence-corrected chi connectivity index (χ3v) is 13.6. The summed E-state index contributed by atoms with van der Waals surface area (Å²) in [5, 5.41) is 18.9. The number of hydrogen-bond donors (Lipinski definition) is 4. The van der Waals surface area contributed by atoms with Crippen LogP contribution < -0.4 is 63.2 Å². The Kier molecular flexibility index (Phi) is 32.8. The first-order valence-corrected chi connectivity index (χ1v) is 38.5. The van der Waals surface area contributed by atoms with Gasteiger partial charge >= 0.3 is 68.4 Å². The number of carbonyl (C=O) groups is 4. The Morgan fingerprint density at radius 1 is 0.554 bits per heavy atom. The van der Waals surface area contributed by atoms with Crippen LogP contribution in [0.3, 0.4) is 0 Å². The Morgan fingerprint density at radius 3 is 1.17 bits per heavy atom. The standard InChI is InChI=1S/2C22H29NO5.2C8H7NO2S.I3/c2*1-7-22(23(2)3,17-11-9-8-10-12-17)15-28-21(24)16-13-18(25-4)20(27-6)19(14-16)26-5;2*9-7(12)5-1-3-6(4-2-5)8(10)11;1-3-2/h2*8-14H,7,15H2,1-6H3;2*1-4H,(H2,9,12)(H,10,11);/q;;;;-1. The van der Waals surface area contributed by atoms with Gasteiger partial charge < -0.3 is 69.3 Å². The number of carbonyl (C=O) groups excluding carboxylic acids is 3. The molecule has 2 unspecified atom stereocenters. The van der Waals surface area contributed by atoms with Crippen LogP contribution in [0, 0.1) is 0 Å². The molecule has 6 rings (SSSR count). The minimum atomic E-state index is -1.20. The molecule has 18 nitrogen and oxygen atoms in total. The van der Waals surface area contributed by atoms with Crippen molar-refractivity contribution < 1.29 is 85.4 Å². The van der Waals surface area contributed by atoms with E-state index in [9.17, 15) is 24.3 Å². The predicted octanol–water partition coefficient (Wildman–Crippen LogP) is 5.53. The number of rotatable bonds is 22. The summed E-state index contributed by atoms with van der Waals surface area (Å²) in [6.45, 7) is 4.66. The Labute approximate surface area is 527 Å². The Bertz CT molecular complexity index is 2720. The van der Waals surface area contributed by atoms with Crippen LogP contribution in [0.1, 0.15) is 90.4 Å². The maximum absolute atomic E-state index is 12.8. The predicted molar refractivity (Wildman–Crippen MR) is 340 cm³/mol. The van der Waals surface area contributed by atoms with Crippen molar-refractivity contribution in [3.63, 3.8) is 0 Å². The average molecular weight is 1520 g/mol. The summed E-state index contributed by atoms with van der Waals surface area (Å²) in [7, 11) is 17.2. The van der Waals surface area contributed by atoms with Crippen molar-refractivity contribution in [2.45, 2.75) is 37.8 Å². The molecule has 0 aromatic heterocycles. The van der Waals surface area contributed by atoms with E-state index in [-0.39, 0.29) is 39.9 Å². The largest absolute Gasteiger partial charge is 0.545 e. The smallest absolute Gasteiger partial charge is 0.335 e. The molecule has 0 aliphatic carbocycles. The maximum Gasteiger partial charge on any atom is 0.335 e. The van der Waals surface area contributed by atoms with Gasteiger partial charge in [-0.2, -0.15) is 0 Å². The van der Waals surface area contributed by atoms with Gasteiger partial charge in [-0.05, 0) is 68.0 Å². The molecule has 6 aromatic carbocycles. The number of halogens is 3. The molecule has 0 saturated carbocycles. The summed E-state index contributed by atoms with van der Waals surface area (Å²) in [4.78, 5) is 50.1. The monoisotopic (exact) mass is 1520 g/mol. The maximum atomic E-state index is 12.8. The molecule has 450 valence electrons. The van der Waals surface area contributed by atoms with Gasteiger partial charge in [0.2, 0.25) is 11.5 Å². The molecule has 0 amide bonds. The van der Waals surface area contributed by atoms with Gasteiger partial charge in [-0.15, -0.1) is 0 Å². The van der Waals surface area contributed by atoms with E-state index in [4.69, 9.17) is 66.7 Å². The van der Waals surface area contributed by atoms with Crippen molar-refractivity contribution in [2.75, 3.05) is 84.1 Å². The molecule has 0 spiro atoms. The van der Waals surface area contributed by atoms with Crippen molar-refractivity contribution >= 4 is 95.5 Å². The number of quaternary nitrogens is 1. The average Bonchev–Trinajstić information content (AvgIpc) is 3.55. The van der Waals surface area contributed by atoms with Crippen LogP contribution in [0.25, 0.3) is 0 Å². The molecule has 6 aromatic rings. The summed E-state index contributed by atoms with van der Waals surface area (Å²) in [6.07, 6.45) is 1.61. The SMILES string of the molecule is CCC(COC(=O)c1cc(OC)c(OC)c(OC)c1)(c1ccccc1)N(C)C.CCC(COC(=O)c1cc(OC)c(OC)c(OC)c1)(c1ccccc1)[NH+](C)C.I[I-]I.NC(=S)c1ccc(C(=O)O)cc1.NC(=S)c1ccc(C(=O)[O-])cc1. The molecule has 0 radical (unpaired) electrons. The van der Waals surface area contributed by atoms with E-state index in [2.05, 4.69) is 107 Å². The molecule has 0 saturated heterocycles. The molecule has 83 heavy (non-hydrogen) atoms. The van der Waals surface area contributed by atoms with Crippen molar-refractivity contribution in [1.82, 2.24) is 4.90 Å². The second-order valence-corrected chi connectivity index (χ2v) is 35.1. The number of nitrogens with two attached hydrogens (primary N) is 2. The van der Waals surface area contributed by atoms with E-state index < -0.39 is 29.4 Å². The number of nitrogens with one attached hydrogen (secondary N) is 1. The van der Waals surface area contributed by atoms with Crippen LogP contribution in [0.2, 0.25) is 0 Å². The summed E-state index contributed by atoms with van der Waals surface area (Å²) < 4.78 is 43.4. The van der Waals surface area contributed by atoms with Crippen LogP contribution >= 0.6 is 61.7 Å². The number of benzene rings is 6. The third kappa shape index (κ3) is 21.2. The minimum Gasteiger partial charge on any atom is -0.545 e. The van der Waals surface area contributed by atoms with Gasteiger partial charge in [0, 0.05) is 23.1 Å². The molecule has 0 fully saturated rings. The number of carboxylic acids is 2. The van der Waals surface area contributed by atoms with Gasteiger partial charge in [0.25, 0.3) is 0 Å². The van der Waals surface area contributed by atoms with Gasteiger partial charge in [-0.3, -0.25) is 4.90 Å². The number of hydrogen-bond acceptors (Lipinski definition) is 16. The number of carboxylic acid groups (broad SMARTS) is 2. The van der Waals surface area contributed by atoms with Gasteiger partial charge in [0.15, 0.2) is 35.1 Å². The van der Waals surface area contributed by atoms with Crippen molar-refractivity contribution in [3.8, 4) is 34.5 Å². The number of methoxy groups -OCH3 is 6. The number of nitrogens with zero attached hydrogens (tertiary/aromatic N) is 1. The van der Waals surface area contributed by atoms with E-state index in [1.54, 1.807) is 48.5 Å². The van der Waals surface area contributed by atoms with Crippen LogP contribution in [-0.2, 0) is 20.6 Å². The minimum absolute atomic E-state index is 0.120. The van der Waals surface area contributed by atoms with Gasteiger partial charge in [0.05, 0.1) is 85.0 Å². The van der Waals surface area contributed by atoms with Gasteiger partial charge in [0.1, 0.15) is 16.6 Å². The fraction of sp³-hybridized carbons (Fsp3) is 0.300. The van der Waals surface area contributed by atoms with E-state index in [0.29, 0.717) is 70.0 Å². The first kappa shape index (κ1) is 73.0. The molecule has 0 aliphatic heterocycles. The quantitative estimate of drug-likeness (QED) is 0.0371. The first-order chi connectivity index (χ1) is 39.5. The molecule has 0 heterocycles. The van der Waals surface area contributed by atoms with Crippen molar-refractivity contribution in [2.24, 2.45) is 11.5 Å². The number of aromatic carboxylic acids is 2. The van der Waals surface area contributed by atoms with Gasteiger partial charge in [-0.25, -0.2) is 14.4 Å².